The minimum absolute atomic E-state index is 0.262. The van der Waals surface area contributed by atoms with E-state index in [4.69, 9.17) is 4.74 Å². The van der Waals surface area contributed by atoms with Crippen LogP contribution in [-0.2, 0) is 4.74 Å². The summed E-state index contributed by atoms with van der Waals surface area (Å²) in [5.74, 6) is 2.40. The Morgan fingerprint density at radius 2 is 1.59 bits per heavy atom. The predicted octanol–water partition coefficient (Wildman–Crippen LogP) is 7.35. The van der Waals surface area contributed by atoms with Crippen LogP contribution in [0.15, 0.2) is 36.4 Å². The number of allylic oxidation sites excluding steroid dienone is 2. The number of hydrogen-bond donors (Lipinski definition) is 0. The molecule has 0 spiro atoms. The van der Waals surface area contributed by atoms with E-state index in [1.807, 2.05) is 7.11 Å². The smallest absolute Gasteiger partial charge is 0.0823 e. The maximum Gasteiger partial charge on any atom is 0.0823 e. The first kappa shape index (κ1) is 23.0. The Balaban J connectivity index is 1.51. The molecular weight excluding hydrogens is 384 g/mol. The number of ether oxygens (including phenoxy) is 1. The van der Waals surface area contributed by atoms with E-state index >= 15 is 0 Å². The Morgan fingerprint density at radius 1 is 0.966 bits per heavy atom. The molecule has 2 aliphatic carbocycles. The number of hydrogen-bond acceptors (Lipinski definition) is 1. The van der Waals surface area contributed by atoms with Gasteiger partial charge in [0.15, 0.2) is 0 Å². The minimum Gasteiger partial charge on any atom is -0.377 e. The van der Waals surface area contributed by atoms with Crippen molar-refractivity contribution < 1.29 is 4.74 Å². The van der Waals surface area contributed by atoms with E-state index in [2.05, 4.69) is 49.9 Å². The van der Waals surface area contributed by atoms with Gasteiger partial charge in [0.1, 0.15) is 0 Å². The van der Waals surface area contributed by atoms with E-state index in [-0.39, 0.29) is 6.10 Å². The molecule has 1 atom stereocenters. The minimum atomic E-state index is 0.262. The molecule has 0 heterocycles. The first-order chi connectivity index (χ1) is 14.2. The molecule has 0 N–H and O–H groups in total. The lowest BCUT2D eigenvalue weighted by molar-refractivity contribution is 0.0936. The lowest BCUT2D eigenvalue weighted by Crippen LogP contribution is -2.17. The van der Waals surface area contributed by atoms with Crippen molar-refractivity contribution in [3.63, 3.8) is 0 Å². The summed E-state index contributed by atoms with van der Waals surface area (Å²) in [4.78, 5) is 0. The highest BCUT2D eigenvalue weighted by molar-refractivity contribution is 7.00. The van der Waals surface area contributed by atoms with Gasteiger partial charge in [-0.1, -0.05) is 74.7 Å². The van der Waals surface area contributed by atoms with Gasteiger partial charge in [-0.15, -0.1) is 0 Å². The second-order valence-corrected chi connectivity index (χ2v) is 13.1. The Hall–Kier alpha value is -0.646. The summed E-state index contributed by atoms with van der Waals surface area (Å²) in [5, 5.41) is 0. The summed E-state index contributed by atoms with van der Waals surface area (Å²) in [7, 11) is 4.27. The first-order valence-electron chi connectivity index (χ1n) is 12.0. The Labute approximate surface area is 184 Å². The quantitative estimate of drug-likeness (QED) is 0.297. The molecule has 2 aliphatic rings. The van der Waals surface area contributed by atoms with Gasteiger partial charge in [0.05, 0.1) is 6.10 Å². The molecule has 1 unspecified atom stereocenters. The largest absolute Gasteiger partial charge is 0.377 e. The normalized spacial score (nSPS) is 29.2. The zero-order valence-electron chi connectivity index (χ0n) is 18.8. The molecule has 0 bridgehead atoms. The molecule has 2 saturated carbocycles. The average Bonchev–Trinajstić information content (AvgIpc) is 2.78. The Morgan fingerprint density at radius 3 is 2.17 bits per heavy atom. The van der Waals surface area contributed by atoms with Crippen LogP contribution in [0.4, 0.5) is 0 Å². The van der Waals surface area contributed by atoms with E-state index in [9.17, 15) is 0 Å². The van der Waals surface area contributed by atoms with Crippen LogP contribution in [0, 0.1) is 11.8 Å². The monoisotopic (exact) mass is 424 g/mol. The topological polar surface area (TPSA) is 9.23 Å². The van der Waals surface area contributed by atoms with Gasteiger partial charge in [0.2, 0.25) is 0 Å². The number of rotatable bonds is 9. The van der Waals surface area contributed by atoms with Crippen molar-refractivity contribution in [2.45, 2.75) is 95.2 Å². The zero-order chi connectivity index (χ0) is 20.5. The predicted molar refractivity (Wildman–Crippen MR) is 128 cm³/mol. The fourth-order valence-corrected chi connectivity index (χ4v) is 8.56. The number of methoxy groups -OCH3 is 1. The van der Waals surface area contributed by atoms with Gasteiger partial charge in [0.25, 0.3) is 0 Å². The van der Waals surface area contributed by atoms with Crippen LogP contribution in [0.5, 0.6) is 0 Å². The molecule has 29 heavy (non-hydrogen) atoms. The molecule has 1 aromatic carbocycles. The first-order valence-corrected chi connectivity index (χ1v) is 15.5. The van der Waals surface area contributed by atoms with Gasteiger partial charge in [-0.05, 0) is 73.8 Å². The van der Waals surface area contributed by atoms with Gasteiger partial charge >= 0.3 is 0 Å². The van der Waals surface area contributed by atoms with Crippen LogP contribution in [0.2, 0.25) is 12.1 Å². The van der Waals surface area contributed by atoms with Crippen molar-refractivity contribution in [2.75, 3.05) is 7.11 Å². The zero-order valence-corrected chi connectivity index (χ0v) is 20.8. The van der Waals surface area contributed by atoms with Gasteiger partial charge in [0, 0.05) is 25.2 Å². The van der Waals surface area contributed by atoms with Gasteiger partial charge in [-0.2, -0.15) is 0 Å². The maximum atomic E-state index is 5.85. The summed E-state index contributed by atoms with van der Waals surface area (Å²) in [6, 6.07) is 9.08. The fraction of sp³-hybridized carbons (Fsp3) is 0.692. The van der Waals surface area contributed by atoms with E-state index in [0.29, 0.717) is 0 Å². The summed E-state index contributed by atoms with van der Waals surface area (Å²) < 4.78 is 5.85. The van der Waals surface area contributed by atoms with Crippen molar-refractivity contribution in [3.05, 3.63) is 47.5 Å². The Kier molecular flexibility index (Phi) is 9.74. The number of benzene rings is 1. The molecule has 4 radical (unpaired) electrons. The van der Waals surface area contributed by atoms with Crippen LogP contribution >= 0.6 is 0 Å². The van der Waals surface area contributed by atoms with Crippen molar-refractivity contribution in [1.82, 2.24) is 0 Å². The van der Waals surface area contributed by atoms with Crippen molar-refractivity contribution in [1.29, 1.82) is 0 Å². The van der Waals surface area contributed by atoms with E-state index < -0.39 is 0 Å². The molecule has 2 fully saturated rings. The third-order valence-corrected chi connectivity index (χ3v) is 10.5. The van der Waals surface area contributed by atoms with Crippen molar-refractivity contribution >= 4 is 18.1 Å². The lowest BCUT2D eigenvalue weighted by atomic mass is 9.76. The second-order valence-electron chi connectivity index (χ2n) is 9.14. The van der Waals surface area contributed by atoms with Crippen LogP contribution in [0.1, 0.15) is 94.3 Å². The third-order valence-electron chi connectivity index (χ3n) is 7.17. The fourth-order valence-electron chi connectivity index (χ4n) is 5.44. The van der Waals surface area contributed by atoms with Crippen LogP contribution < -0.4 is 0 Å². The molecular formula is C26H40OSi2. The lowest BCUT2D eigenvalue weighted by Gasteiger charge is -2.31. The maximum absolute atomic E-state index is 5.85. The molecule has 3 heteroatoms. The molecule has 0 amide bonds. The SMILES string of the molecule is CCCC(OC)c1ccccc1C1CCC(C=CC2CCC([Si][Si]C)CC2)CC1. The van der Waals surface area contributed by atoms with E-state index in [1.165, 1.54) is 81.4 Å². The molecule has 1 aromatic rings. The summed E-state index contributed by atoms with van der Waals surface area (Å²) in [6.45, 7) is 4.63. The van der Waals surface area contributed by atoms with Crippen molar-refractivity contribution in [2.24, 2.45) is 11.8 Å². The van der Waals surface area contributed by atoms with Gasteiger partial charge in [-0.25, -0.2) is 0 Å². The van der Waals surface area contributed by atoms with Crippen molar-refractivity contribution in [3.8, 4) is 0 Å². The third kappa shape index (κ3) is 6.67. The van der Waals surface area contributed by atoms with Crippen LogP contribution in [-0.4, -0.2) is 25.2 Å². The highest BCUT2D eigenvalue weighted by atomic mass is 29.1. The molecule has 0 aromatic heterocycles. The highest BCUT2D eigenvalue weighted by Crippen LogP contribution is 2.40. The molecule has 0 aliphatic heterocycles. The van der Waals surface area contributed by atoms with Crippen LogP contribution in [0.3, 0.4) is 0 Å². The van der Waals surface area contributed by atoms with Crippen LogP contribution in [0.25, 0.3) is 0 Å². The van der Waals surface area contributed by atoms with Gasteiger partial charge in [-0.3, -0.25) is 0 Å². The molecule has 1 nitrogen and oxygen atoms in total. The summed E-state index contributed by atoms with van der Waals surface area (Å²) in [5.41, 5.74) is 4.06. The second kappa shape index (κ2) is 12.3. The van der Waals surface area contributed by atoms with Gasteiger partial charge < -0.3 is 4.74 Å². The molecule has 158 valence electrons. The average molecular weight is 425 g/mol. The van der Waals surface area contributed by atoms with E-state index in [0.717, 1.165) is 29.7 Å². The van der Waals surface area contributed by atoms with E-state index in [1.54, 1.807) is 5.56 Å². The standard InChI is InChI=1S/C26H40OSi2/c1-4-7-26(27-2)25-9-6-5-8-24(25)22-16-12-20(13-17-22)10-11-21-14-18-23(19-15-21)29-28-3/h5-6,8-11,20-23,26H,4,7,12-19H2,1-3H3. The molecule has 3 rings (SSSR count). The Bertz CT molecular complexity index is 613. The molecule has 0 saturated heterocycles. The summed E-state index contributed by atoms with van der Waals surface area (Å²) >= 11 is 0. The highest BCUT2D eigenvalue weighted by Gasteiger charge is 2.25. The summed E-state index contributed by atoms with van der Waals surface area (Å²) in [6.07, 6.45) is 19.0.